The molecule has 5 rings (SSSR count). The molecule has 3 aliphatic rings. The second kappa shape index (κ2) is 6.79. The summed E-state index contributed by atoms with van der Waals surface area (Å²) in [5.41, 5.74) is 4.86. The Labute approximate surface area is 173 Å². The first-order chi connectivity index (χ1) is 14.3. The van der Waals surface area contributed by atoms with Crippen LogP contribution in [0.3, 0.4) is 0 Å². The lowest BCUT2D eigenvalue weighted by Gasteiger charge is -2.16. The first-order valence-electron chi connectivity index (χ1n) is 10.1. The summed E-state index contributed by atoms with van der Waals surface area (Å²) >= 11 is 0. The molecule has 1 unspecified atom stereocenters. The molecule has 10 nitrogen and oxygen atoms in total. The first kappa shape index (κ1) is 19.0. The Morgan fingerprint density at radius 2 is 2.10 bits per heavy atom. The highest BCUT2D eigenvalue weighted by molar-refractivity contribution is 7.90. The fourth-order valence-electron chi connectivity index (χ4n) is 4.51. The molecule has 0 saturated carbocycles. The summed E-state index contributed by atoms with van der Waals surface area (Å²) in [6.07, 6.45) is 4.42. The van der Waals surface area contributed by atoms with Crippen LogP contribution in [-0.2, 0) is 35.8 Å². The SMILES string of the molecule is CC1CCc2c1nc1c(c2NC(=O)NS(=O)(=O)c2cc3n(n2)CCNC3=O)CCC1. The van der Waals surface area contributed by atoms with Gasteiger partial charge in [0.2, 0.25) is 0 Å². The zero-order valence-electron chi connectivity index (χ0n) is 16.5. The molecule has 0 bridgehead atoms. The van der Waals surface area contributed by atoms with Crippen LogP contribution in [0.15, 0.2) is 11.1 Å². The van der Waals surface area contributed by atoms with Gasteiger partial charge in [0.1, 0.15) is 5.69 Å². The van der Waals surface area contributed by atoms with Crippen molar-refractivity contribution in [1.29, 1.82) is 0 Å². The number of fused-ring (bicyclic) bond motifs is 3. The lowest BCUT2D eigenvalue weighted by molar-refractivity contribution is 0.0924. The maximum Gasteiger partial charge on any atom is 0.333 e. The standard InChI is InChI=1S/C19H22N6O4S/c1-10-5-6-12-16(10)21-13-4-2-3-11(13)17(12)22-19(27)24-30(28,29)15-9-14-18(26)20-7-8-25(14)23-15/h9-10H,2-8H2,1H3,(H,20,26)(H2,21,22,24,27). The Kier molecular flexibility index (Phi) is 4.31. The Balaban J connectivity index is 1.41. The van der Waals surface area contributed by atoms with Crippen molar-refractivity contribution in [2.24, 2.45) is 0 Å². The van der Waals surface area contributed by atoms with E-state index in [0.29, 0.717) is 24.7 Å². The number of amides is 3. The van der Waals surface area contributed by atoms with Gasteiger partial charge in [-0.05, 0) is 49.1 Å². The molecule has 158 valence electrons. The van der Waals surface area contributed by atoms with Gasteiger partial charge in [-0.2, -0.15) is 13.5 Å². The third-order valence-corrected chi connectivity index (χ3v) is 7.20. The van der Waals surface area contributed by atoms with Crippen LogP contribution in [0.25, 0.3) is 0 Å². The fraction of sp³-hybridized carbons (Fsp3) is 0.474. The molecule has 2 aromatic rings. The maximum atomic E-state index is 12.7. The minimum absolute atomic E-state index is 0.154. The summed E-state index contributed by atoms with van der Waals surface area (Å²) in [5, 5.41) is 9.02. The molecule has 3 heterocycles. The highest BCUT2D eigenvalue weighted by Crippen LogP contribution is 2.41. The molecular formula is C19H22N6O4S. The normalized spacial score (nSPS) is 19.6. The molecule has 2 aromatic heterocycles. The minimum atomic E-state index is -4.23. The molecule has 3 amide bonds. The van der Waals surface area contributed by atoms with E-state index in [0.717, 1.165) is 54.6 Å². The number of aromatic nitrogens is 3. The Morgan fingerprint density at radius 1 is 1.27 bits per heavy atom. The van der Waals surface area contributed by atoms with Crippen LogP contribution in [-0.4, -0.2) is 41.7 Å². The number of nitrogens with zero attached hydrogens (tertiary/aromatic N) is 3. The van der Waals surface area contributed by atoms with Gasteiger partial charge in [0.25, 0.3) is 15.9 Å². The molecule has 0 radical (unpaired) electrons. The largest absolute Gasteiger partial charge is 0.349 e. The molecule has 0 aromatic carbocycles. The molecule has 30 heavy (non-hydrogen) atoms. The Bertz CT molecular complexity index is 1190. The summed E-state index contributed by atoms with van der Waals surface area (Å²) in [4.78, 5) is 29.3. The molecule has 1 aliphatic heterocycles. The molecule has 1 atom stereocenters. The molecule has 2 aliphatic carbocycles. The number of pyridine rings is 1. The minimum Gasteiger partial charge on any atom is -0.349 e. The number of urea groups is 1. The van der Waals surface area contributed by atoms with Gasteiger partial charge in [-0.25, -0.2) is 9.52 Å². The van der Waals surface area contributed by atoms with Crippen LogP contribution in [0.5, 0.6) is 0 Å². The van der Waals surface area contributed by atoms with E-state index in [9.17, 15) is 18.0 Å². The summed E-state index contributed by atoms with van der Waals surface area (Å²) in [6, 6.07) is 0.334. The van der Waals surface area contributed by atoms with E-state index in [-0.39, 0.29) is 10.7 Å². The van der Waals surface area contributed by atoms with Gasteiger partial charge in [0, 0.05) is 24.0 Å². The fourth-order valence-corrected chi connectivity index (χ4v) is 5.38. The maximum absolute atomic E-state index is 12.7. The summed E-state index contributed by atoms with van der Waals surface area (Å²) in [7, 11) is -4.23. The van der Waals surface area contributed by atoms with Crippen LogP contribution < -0.4 is 15.4 Å². The van der Waals surface area contributed by atoms with Gasteiger partial charge in [-0.1, -0.05) is 6.92 Å². The van der Waals surface area contributed by atoms with Crippen molar-refractivity contribution in [1.82, 2.24) is 24.8 Å². The predicted molar refractivity (Wildman–Crippen MR) is 107 cm³/mol. The number of hydrogen-bond donors (Lipinski definition) is 3. The monoisotopic (exact) mass is 430 g/mol. The average molecular weight is 430 g/mol. The number of nitrogens with one attached hydrogen (secondary N) is 3. The lowest BCUT2D eigenvalue weighted by atomic mass is 10.0. The molecule has 3 N–H and O–H groups in total. The van der Waals surface area contributed by atoms with Gasteiger partial charge >= 0.3 is 6.03 Å². The van der Waals surface area contributed by atoms with Gasteiger partial charge in [0.15, 0.2) is 5.03 Å². The van der Waals surface area contributed by atoms with E-state index in [4.69, 9.17) is 4.98 Å². The molecule has 0 spiro atoms. The average Bonchev–Trinajstić information content (AvgIpc) is 3.41. The van der Waals surface area contributed by atoms with Gasteiger partial charge in [-0.15, -0.1) is 0 Å². The van der Waals surface area contributed by atoms with Crippen molar-refractivity contribution in [3.05, 3.63) is 34.3 Å². The quantitative estimate of drug-likeness (QED) is 0.667. The third-order valence-electron chi connectivity index (χ3n) is 5.99. The van der Waals surface area contributed by atoms with E-state index in [1.54, 1.807) is 0 Å². The lowest BCUT2D eigenvalue weighted by Crippen LogP contribution is -2.35. The number of sulfonamides is 1. The number of carbonyl (C=O) groups is 2. The number of carbonyl (C=O) groups excluding carboxylic acids is 2. The van der Waals surface area contributed by atoms with Crippen LogP contribution in [0, 0.1) is 0 Å². The Hall–Kier alpha value is -2.95. The zero-order chi connectivity index (χ0) is 21.0. The number of hydrogen-bond acceptors (Lipinski definition) is 6. The highest BCUT2D eigenvalue weighted by Gasteiger charge is 2.31. The van der Waals surface area contributed by atoms with Gasteiger partial charge < -0.3 is 10.6 Å². The smallest absolute Gasteiger partial charge is 0.333 e. The highest BCUT2D eigenvalue weighted by atomic mass is 32.2. The first-order valence-corrected chi connectivity index (χ1v) is 11.6. The zero-order valence-corrected chi connectivity index (χ0v) is 17.3. The van der Waals surface area contributed by atoms with E-state index >= 15 is 0 Å². The number of aryl methyl sites for hydroxylation is 1. The summed E-state index contributed by atoms with van der Waals surface area (Å²) < 4.78 is 28.7. The van der Waals surface area contributed by atoms with Gasteiger partial charge in [0.05, 0.1) is 12.2 Å². The van der Waals surface area contributed by atoms with E-state index in [1.807, 2.05) is 4.72 Å². The molecule has 0 saturated heterocycles. The van der Waals surface area contributed by atoms with Crippen molar-refractivity contribution in [2.75, 3.05) is 11.9 Å². The van der Waals surface area contributed by atoms with Crippen molar-refractivity contribution >= 4 is 27.6 Å². The van der Waals surface area contributed by atoms with Crippen molar-refractivity contribution in [2.45, 2.75) is 56.5 Å². The second-order valence-corrected chi connectivity index (χ2v) is 9.60. The van der Waals surface area contributed by atoms with Gasteiger partial charge in [-0.3, -0.25) is 14.5 Å². The summed E-state index contributed by atoms with van der Waals surface area (Å²) in [6.45, 7) is 2.86. The molecule has 11 heteroatoms. The van der Waals surface area contributed by atoms with E-state index < -0.39 is 22.0 Å². The van der Waals surface area contributed by atoms with Crippen LogP contribution in [0.1, 0.15) is 58.7 Å². The van der Waals surface area contributed by atoms with Crippen molar-refractivity contribution in [3.8, 4) is 0 Å². The van der Waals surface area contributed by atoms with Crippen LogP contribution in [0.2, 0.25) is 0 Å². The second-order valence-electron chi connectivity index (χ2n) is 7.98. The van der Waals surface area contributed by atoms with Crippen molar-refractivity contribution < 1.29 is 18.0 Å². The van der Waals surface area contributed by atoms with Crippen LogP contribution in [0.4, 0.5) is 10.5 Å². The van der Waals surface area contributed by atoms with E-state index in [2.05, 4.69) is 22.7 Å². The molecular weight excluding hydrogens is 408 g/mol. The predicted octanol–water partition coefficient (Wildman–Crippen LogP) is 1.07. The topological polar surface area (TPSA) is 135 Å². The Morgan fingerprint density at radius 3 is 2.90 bits per heavy atom. The van der Waals surface area contributed by atoms with Crippen molar-refractivity contribution in [3.63, 3.8) is 0 Å². The van der Waals surface area contributed by atoms with Crippen LogP contribution >= 0.6 is 0 Å². The number of rotatable bonds is 3. The summed E-state index contributed by atoms with van der Waals surface area (Å²) in [5.74, 6) is -0.0714. The third kappa shape index (κ3) is 3.04. The number of anilines is 1. The molecule has 0 fully saturated rings. The van der Waals surface area contributed by atoms with E-state index in [1.165, 1.54) is 10.7 Å².